The van der Waals surface area contributed by atoms with Crippen LogP contribution in [0.5, 0.6) is 0 Å². The zero-order valence-corrected chi connectivity index (χ0v) is 31.8. The molecule has 0 aliphatic heterocycles. The van der Waals surface area contributed by atoms with E-state index in [0.29, 0.717) is 64.7 Å². The number of rotatable bonds is 19. The first-order valence-corrected chi connectivity index (χ1v) is 20.3. The summed E-state index contributed by atoms with van der Waals surface area (Å²) in [5, 5.41) is 22.9. The van der Waals surface area contributed by atoms with Crippen molar-refractivity contribution >= 4 is 5.91 Å². The van der Waals surface area contributed by atoms with Gasteiger partial charge in [0, 0.05) is 24.5 Å². The van der Waals surface area contributed by atoms with Crippen molar-refractivity contribution in [3.05, 3.63) is 0 Å². The van der Waals surface area contributed by atoms with Crippen molar-refractivity contribution in [2.75, 3.05) is 39.3 Å². The molecular formula is C40H77N5O2. The fraction of sp³-hybridized carbons (Fsp3) is 0.975. The SMILES string of the molecule is CC(C)N(C(=O)CC[C@@H](C)[C@H]1CCC2C3C(CC[C@@]21C)[C@@]1(C)CC[C@H](NCCCNCCCCNCCCN)CC1C[C@H]3O)C(C)C. The number of nitrogens with two attached hydrogens (primary N) is 1. The van der Waals surface area contributed by atoms with E-state index in [9.17, 15) is 9.90 Å². The zero-order valence-electron chi connectivity index (χ0n) is 31.8. The van der Waals surface area contributed by atoms with E-state index in [1.54, 1.807) is 0 Å². The average Bonchev–Trinajstić information content (AvgIpc) is 3.37. The maximum atomic E-state index is 13.2. The topological polar surface area (TPSA) is 103 Å². The van der Waals surface area contributed by atoms with Crippen molar-refractivity contribution in [2.45, 2.75) is 163 Å². The van der Waals surface area contributed by atoms with Gasteiger partial charge in [0.2, 0.25) is 5.91 Å². The number of aliphatic hydroxyl groups excluding tert-OH is 1. The van der Waals surface area contributed by atoms with Gasteiger partial charge in [0.15, 0.2) is 0 Å². The highest BCUT2D eigenvalue weighted by atomic mass is 16.3. The van der Waals surface area contributed by atoms with Crippen molar-refractivity contribution in [1.82, 2.24) is 20.9 Å². The number of nitrogens with one attached hydrogen (secondary N) is 3. The lowest BCUT2D eigenvalue weighted by Gasteiger charge is -2.62. The van der Waals surface area contributed by atoms with Crippen molar-refractivity contribution in [3.63, 3.8) is 0 Å². The van der Waals surface area contributed by atoms with Gasteiger partial charge in [-0.15, -0.1) is 0 Å². The molecule has 0 heterocycles. The summed E-state index contributed by atoms with van der Waals surface area (Å²) in [6.45, 7) is 22.4. The highest BCUT2D eigenvalue weighted by Crippen LogP contribution is 2.68. The molecule has 4 saturated carbocycles. The summed E-state index contributed by atoms with van der Waals surface area (Å²) < 4.78 is 0. The van der Waals surface area contributed by atoms with Crippen molar-refractivity contribution in [3.8, 4) is 0 Å². The number of fused-ring (bicyclic) bond motifs is 5. The van der Waals surface area contributed by atoms with E-state index in [0.717, 1.165) is 58.5 Å². The molecule has 4 fully saturated rings. The molecule has 10 atom stereocenters. The summed E-state index contributed by atoms with van der Waals surface area (Å²) >= 11 is 0. The van der Waals surface area contributed by atoms with Crippen LogP contribution < -0.4 is 21.7 Å². The Morgan fingerprint density at radius 1 is 0.809 bits per heavy atom. The molecule has 0 aromatic heterocycles. The van der Waals surface area contributed by atoms with Crippen LogP contribution in [0, 0.1) is 46.3 Å². The second-order valence-corrected chi connectivity index (χ2v) is 17.7. The van der Waals surface area contributed by atoms with E-state index in [2.05, 4.69) is 69.3 Å². The van der Waals surface area contributed by atoms with Crippen molar-refractivity contribution in [2.24, 2.45) is 52.1 Å². The van der Waals surface area contributed by atoms with Crippen LogP contribution in [-0.4, -0.2) is 79.4 Å². The molecule has 0 spiro atoms. The van der Waals surface area contributed by atoms with Gasteiger partial charge in [-0.1, -0.05) is 20.8 Å². The molecule has 0 radical (unpaired) electrons. The van der Waals surface area contributed by atoms with E-state index >= 15 is 0 Å². The fourth-order valence-electron chi connectivity index (χ4n) is 11.7. The normalized spacial score (nSPS) is 35.9. The summed E-state index contributed by atoms with van der Waals surface area (Å²) in [4.78, 5) is 15.2. The van der Waals surface area contributed by atoms with Gasteiger partial charge in [-0.25, -0.2) is 0 Å². The molecule has 4 unspecified atom stereocenters. The molecule has 7 heteroatoms. The van der Waals surface area contributed by atoms with Gasteiger partial charge in [-0.05, 0) is 197 Å². The minimum absolute atomic E-state index is 0.150. The number of hydrogen-bond acceptors (Lipinski definition) is 6. The summed E-state index contributed by atoms with van der Waals surface area (Å²) in [6.07, 6.45) is 16.2. The number of carbonyl (C=O) groups is 1. The van der Waals surface area contributed by atoms with Gasteiger partial charge >= 0.3 is 0 Å². The third-order valence-electron chi connectivity index (χ3n) is 14.1. The molecule has 0 aromatic rings. The molecule has 4 rings (SSSR count). The monoisotopic (exact) mass is 660 g/mol. The molecular weight excluding hydrogens is 582 g/mol. The Hall–Kier alpha value is -0.730. The van der Waals surface area contributed by atoms with Crippen LogP contribution in [0.1, 0.15) is 138 Å². The lowest BCUT2D eigenvalue weighted by Crippen LogP contribution is -2.59. The molecule has 7 nitrogen and oxygen atoms in total. The van der Waals surface area contributed by atoms with Crippen LogP contribution >= 0.6 is 0 Å². The second-order valence-electron chi connectivity index (χ2n) is 17.7. The quantitative estimate of drug-likeness (QED) is 0.104. The Balaban J connectivity index is 1.22. The molecule has 4 aliphatic rings. The Labute approximate surface area is 290 Å². The first kappa shape index (κ1) is 39.1. The predicted octanol–water partition coefficient (Wildman–Crippen LogP) is 6.33. The van der Waals surface area contributed by atoms with E-state index < -0.39 is 0 Å². The van der Waals surface area contributed by atoms with Crippen LogP contribution in [0.25, 0.3) is 0 Å². The van der Waals surface area contributed by atoms with Gasteiger partial charge in [0.05, 0.1) is 6.10 Å². The smallest absolute Gasteiger partial charge is 0.223 e. The van der Waals surface area contributed by atoms with Gasteiger partial charge in [-0.2, -0.15) is 0 Å². The van der Waals surface area contributed by atoms with E-state index in [4.69, 9.17) is 5.73 Å². The summed E-state index contributed by atoms with van der Waals surface area (Å²) in [5.74, 6) is 3.95. The van der Waals surface area contributed by atoms with Crippen LogP contribution in [0.2, 0.25) is 0 Å². The number of amides is 1. The van der Waals surface area contributed by atoms with Crippen molar-refractivity contribution in [1.29, 1.82) is 0 Å². The number of hydrogen-bond donors (Lipinski definition) is 5. The number of carbonyl (C=O) groups excluding carboxylic acids is 1. The van der Waals surface area contributed by atoms with Crippen LogP contribution in [0.3, 0.4) is 0 Å². The highest BCUT2D eigenvalue weighted by Gasteiger charge is 2.62. The first-order chi connectivity index (χ1) is 22.4. The van der Waals surface area contributed by atoms with E-state index in [1.165, 1.54) is 64.2 Å². The van der Waals surface area contributed by atoms with E-state index in [1.807, 2.05) is 0 Å². The minimum atomic E-state index is -0.150. The largest absolute Gasteiger partial charge is 0.393 e. The molecule has 6 N–H and O–H groups in total. The van der Waals surface area contributed by atoms with Crippen LogP contribution in [0.15, 0.2) is 0 Å². The van der Waals surface area contributed by atoms with E-state index in [-0.39, 0.29) is 18.2 Å². The molecule has 0 aromatic carbocycles. The van der Waals surface area contributed by atoms with Crippen LogP contribution in [0.4, 0.5) is 0 Å². The van der Waals surface area contributed by atoms with Gasteiger partial charge in [-0.3, -0.25) is 4.79 Å². The number of nitrogens with zero attached hydrogens (tertiary/aromatic N) is 1. The molecule has 0 saturated heterocycles. The molecule has 1 amide bonds. The summed E-state index contributed by atoms with van der Waals surface area (Å²) in [6, 6.07) is 1.12. The van der Waals surface area contributed by atoms with Gasteiger partial charge in [0.25, 0.3) is 0 Å². The Morgan fingerprint density at radius 2 is 1.43 bits per heavy atom. The predicted molar refractivity (Wildman–Crippen MR) is 197 cm³/mol. The van der Waals surface area contributed by atoms with Crippen molar-refractivity contribution < 1.29 is 9.90 Å². The standard InChI is InChI=1S/C40H77N5O2/c1-28(2)45(29(3)4)37(47)15-12-30(5)33-13-14-34-38-35(17-19-40(33,34)7)39(6)18-16-32(26-31(39)27-36(38)46)44-25-11-24-43-22-9-8-21-42-23-10-20-41/h28-36,38,42-44,46H,8-27,41H2,1-7H3/t30-,31?,32+,33-,34?,35?,36-,38?,39+,40-/m1/s1. The highest BCUT2D eigenvalue weighted by molar-refractivity contribution is 5.76. The minimum Gasteiger partial charge on any atom is -0.393 e. The Kier molecular flexibility index (Phi) is 14.9. The molecule has 4 aliphatic carbocycles. The molecule has 274 valence electrons. The summed E-state index contributed by atoms with van der Waals surface area (Å²) in [7, 11) is 0. The summed E-state index contributed by atoms with van der Waals surface area (Å²) in [5.41, 5.74) is 6.22. The van der Waals surface area contributed by atoms with Gasteiger partial charge in [0.1, 0.15) is 0 Å². The zero-order chi connectivity index (χ0) is 34.2. The maximum Gasteiger partial charge on any atom is 0.223 e. The number of unbranched alkanes of at least 4 members (excludes halogenated alkanes) is 1. The maximum absolute atomic E-state index is 13.2. The Morgan fingerprint density at radius 3 is 2.09 bits per heavy atom. The Bertz CT molecular complexity index is 938. The lowest BCUT2D eigenvalue weighted by atomic mass is 9.43. The second kappa shape index (κ2) is 18.0. The first-order valence-electron chi connectivity index (χ1n) is 20.3. The fourth-order valence-corrected chi connectivity index (χ4v) is 11.7. The molecule has 47 heavy (non-hydrogen) atoms. The lowest BCUT2D eigenvalue weighted by molar-refractivity contribution is -0.167. The average molecular weight is 660 g/mol. The third-order valence-corrected chi connectivity index (χ3v) is 14.1. The van der Waals surface area contributed by atoms with Crippen LogP contribution in [-0.2, 0) is 4.79 Å². The molecule has 0 bridgehead atoms. The number of aliphatic hydroxyl groups is 1. The third kappa shape index (κ3) is 9.34. The van der Waals surface area contributed by atoms with Gasteiger partial charge < -0.3 is 31.7 Å².